The fourth-order valence-corrected chi connectivity index (χ4v) is 2.27. The first-order chi connectivity index (χ1) is 6.70. The molecule has 1 aliphatic heterocycles. The standard InChI is InChI=1S/C12H25NO/c1-4-6-12(3,5-2)11-13-7-9-14-10-8-13/h4-11H2,1-3H3. The maximum atomic E-state index is 5.37. The monoisotopic (exact) mass is 199 g/mol. The van der Waals surface area contributed by atoms with Gasteiger partial charge < -0.3 is 4.74 Å². The van der Waals surface area contributed by atoms with E-state index in [2.05, 4.69) is 25.7 Å². The Morgan fingerprint density at radius 2 is 1.86 bits per heavy atom. The van der Waals surface area contributed by atoms with E-state index in [1.54, 1.807) is 0 Å². The normalized spacial score (nSPS) is 23.4. The third kappa shape index (κ3) is 3.58. The average molecular weight is 199 g/mol. The molecule has 0 saturated carbocycles. The highest BCUT2D eigenvalue weighted by atomic mass is 16.5. The van der Waals surface area contributed by atoms with Gasteiger partial charge in [-0.2, -0.15) is 0 Å². The van der Waals surface area contributed by atoms with Crippen LogP contribution in [0.3, 0.4) is 0 Å². The molecular weight excluding hydrogens is 174 g/mol. The van der Waals surface area contributed by atoms with E-state index in [9.17, 15) is 0 Å². The van der Waals surface area contributed by atoms with Crippen LogP contribution in [0.4, 0.5) is 0 Å². The molecule has 14 heavy (non-hydrogen) atoms. The molecule has 1 rings (SSSR count). The molecule has 0 amide bonds. The Kier molecular flexibility index (Phi) is 4.90. The summed E-state index contributed by atoms with van der Waals surface area (Å²) >= 11 is 0. The number of rotatable bonds is 5. The van der Waals surface area contributed by atoms with Crippen LogP contribution in [-0.2, 0) is 4.74 Å². The predicted octanol–water partition coefficient (Wildman–Crippen LogP) is 2.54. The quantitative estimate of drug-likeness (QED) is 0.674. The first kappa shape index (κ1) is 12.0. The Labute approximate surface area is 88.6 Å². The molecule has 1 saturated heterocycles. The van der Waals surface area contributed by atoms with Crippen LogP contribution >= 0.6 is 0 Å². The molecule has 0 N–H and O–H groups in total. The van der Waals surface area contributed by atoms with E-state index < -0.39 is 0 Å². The van der Waals surface area contributed by atoms with E-state index in [4.69, 9.17) is 4.74 Å². The van der Waals surface area contributed by atoms with Crippen molar-refractivity contribution in [2.75, 3.05) is 32.8 Å². The molecule has 0 aliphatic carbocycles. The lowest BCUT2D eigenvalue weighted by Crippen LogP contribution is -2.42. The van der Waals surface area contributed by atoms with E-state index in [0.29, 0.717) is 5.41 Å². The average Bonchev–Trinajstić information content (AvgIpc) is 2.20. The van der Waals surface area contributed by atoms with Gasteiger partial charge in [0.25, 0.3) is 0 Å². The molecule has 1 heterocycles. The smallest absolute Gasteiger partial charge is 0.0594 e. The first-order valence-corrected chi connectivity index (χ1v) is 6.00. The summed E-state index contributed by atoms with van der Waals surface area (Å²) in [6, 6.07) is 0. The zero-order valence-corrected chi connectivity index (χ0v) is 10.0. The largest absolute Gasteiger partial charge is 0.379 e. The van der Waals surface area contributed by atoms with Crippen LogP contribution in [0.15, 0.2) is 0 Å². The summed E-state index contributed by atoms with van der Waals surface area (Å²) in [4.78, 5) is 2.56. The second kappa shape index (κ2) is 5.72. The highest BCUT2D eigenvalue weighted by Gasteiger charge is 2.25. The molecule has 0 bridgehead atoms. The Bertz CT molecular complexity index is 154. The first-order valence-electron chi connectivity index (χ1n) is 6.00. The van der Waals surface area contributed by atoms with Gasteiger partial charge in [-0.05, 0) is 18.3 Å². The Morgan fingerprint density at radius 1 is 1.21 bits per heavy atom. The molecular formula is C12H25NO. The van der Waals surface area contributed by atoms with E-state index >= 15 is 0 Å². The van der Waals surface area contributed by atoms with Gasteiger partial charge in [0, 0.05) is 19.6 Å². The zero-order chi connectivity index (χ0) is 10.4. The molecule has 1 atom stereocenters. The molecule has 1 fully saturated rings. The Morgan fingerprint density at radius 3 is 2.36 bits per heavy atom. The summed E-state index contributed by atoms with van der Waals surface area (Å²) in [6.07, 6.45) is 3.94. The minimum Gasteiger partial charge on any atom is -0.379 e. The van der Waals surface area contributed by atoms with Gasteiger partial charge in [0.15, 0.2) is 0 Å². The second-order valence-corrected chi connectivity index (χ2v) is 4.80. The van der Waals surface area contributed by atoms with Crippen LogP contribution in [0.5, 0.6) is 0 Å². The van der Waals surface area contributed by atoms with Crippen molar-refractivity contribution in [2.45, 2.75) is 40.0 Å². The van der Waals surface area contributed by atoms with E-state index in [1.165, 1.54) is 25.8 Å². The molecule has 2 nitrogen and oxygen atoms in total. The Hall–Kier alpha value is -0.0800. The van der Waals surface area contributed by atoms with Gasteiger partial charge in [-0.15, -0.1) is 0 Å². The van der Waals surface area contributed by atoms with Crippen molar-refractivity contribution in [1.29, 1.82) is 0 Å². The fourth-order valence-electron chi connectivity index (χ4n) is 2.27. The summed E-state index contributed by atoms with van der Waals surface area (Å²) < 4.78 is 5.37. The van der Waals surface area contributed by atoms with Gasteiger partial charge in [0.1, 0.15) is 0 Å². The number of hydrogen-bond acceptors (Lipinski definition) is 2. The fraction of sp³-hybridized carbons (Fsp3) is 1.00. The highest BCUT2D eigenvalue weighted by Crippen LogP contribution is 2.28. The van der Waals surface area contributed by atoms with Crippen molar-refractivity contribution >= 4 is 0 Å². The summed E-state index contributed by atoms with van der Waals surface area (Å²) in [5.41, 5.74) is 0.520. The van der Waals surface area contributed by atoms with Crippen molar-refractivity contribution in [3.63, 3.8) is 0 Å². The summed E-state index contributed by atoms with van der Waals surface area (Å²) in [7, 11) is 0. The minimum absolute atomic E-state index is 0.520. The molecule has 2 heteroatoms. The van der Waals surface area contributed by atoms with Crippen LogP contribution < -0.4 is 0 Å². The van der Waals surface area contributed by atoms with Gasteiger partial charge in [-0.3, -0.25) is 4.90 Å². The molecule has 0 radical (unpaired) electrons. The van der Waals surface area contributed by atoms with Crippen molar-refractivity contribution in [3.8, 4) is 0 Å². The summed E-state index contributed by atoms with van der Waals surface area (Å²) in [5, 5.41) is 0. The maximum Gasteiger partial charge on any atom is 0.0594 e. The zero-order valence-electron chi connectivity index (χ0n) is 10.0. The van der Waals surface area contributed by atoms with Crippen molar-refractivity contribution in [3.05, 3.63) is 0 Å². The number of nitrogens with zero attached hydrogens (tertiary/aromatic N) is 1. The van der Waals surface area contributed by atoms with Crippen molar-refractivity contribution in [2.24, 2.45) is 5.41 Å². The van der Waals surface area contributed by atoms with E-state index in [1.807, 2.05) is 0 Å². The molecule has 0 aromatic heterocycles. The molecule has 0 spiro atoms. The van der Waals surface area contributed by atoms with Crippen LogP contribution in [0.25, 0.3) is 0 Å². The lowest BCUT2D eigenvalue weighted by molar-refractivity contribution is 0.0162. The van der Waals surface area contributed by atoms with Crippen molar-refractivity contribution in [1.82, 2.24) is 4.90 Å². The van der Waals surface area contributed by atoms with Crippen LogP contribution in [0, 0.1) is 5.41 Å². The lowest BCUT2D eigenvalue weighted by atomic mass is 9.82. The van der Waals surface area contributed by atoms with Crippen molar-refractivity contribution < 1.29 is 4.74 Å². The van der Waals surface area contributed by atoms with Gasteiger partial charge in [0.05, 0.1) is 13.2 Å². The molecule has 1 aliphatic rings. The lowest BCUT2D eigenvalue weighted by Gasteiger charge is -2.36. The van der Waals surface area contributed by atoms with Gasteiger partial charge in [0.2, 0.25) is 0 Å². The van der Waals surface area contributed by atoms with Crippen LogP contribution in [-0.4, -0.2) is 37.7 Å². The Balaban J connectivity index is 2.37. The van der Waals surface area contributed by atoms with Crippen LogP contribution in [0.1, 0.15) is 40.0 Å². The maximum absolute atomic E-state index is 5.37. The summed E-state index contributed by atoms with van der Waals surface area (Å²) in [6.45, 7) is 12.4. The number of hydrogen-bond donors (Lipinski definition) is 0. The number of ether oxygens (including phenoxy) is 1. The second-order valence-electron chi connectivity index (χ2n) is 4.80. The third-order valence-corrected chi connectivity index (χ3v) is 3.42. The third-order valence-electron chi connectivity index (χ3n) is 3.42. The SMILES string of the molecule is CCCC(C)(CC)CN1CCOCC1. The predicted molar refractivity (Wildman–Crippen MR) is 60.6 cm³/mol. The molecule has 0 aromatic carbocycles. The molecule has 0 aromatic rings. The summed E-state index contributed by atoms with van der Waals surface area (Å²) in [5.74, 6) is 0. The van der Waals surface area contributed by atoms with Gasteiger partial charge in [-0.1, -0.05) is 27.2 Å². The van der Waals surface area contributed by atoms with Gasteiger partial charge in [-0.25, -0.2) is 0 Å². The minimum atomic E-state index is 0.520. The molecule has 84 valence electrons. The number of morpholine rings is 1. The van der Waals surface area contributed by atoms with Crippen LogP contribution in [0.2, 0.25) is 0 Å². The van der Waals surface area contributed by atoms with E-state index in [0.717, 1.165) is 26.3 Å². The van der Waals surface area contributed by atoms with Gasteiger partial charge >= 0.3 is 0 Å². The topological polar surface area (TPSA) is 12.5 Å². The highest BCUT2D eigenvalue weighted by molar-refractivity contribution is 4.77. The van der Waals surface area contributed by atoms with E-state index in [-0.39, 0.29) is 0 Å². The molecule has 1 unspecified atom stereocenters.